The number of nitrogens with one attached hydrogen (secondary N) is 1. The molecule has 13 heteroatoms. The summed E-state index contributed by atoms with van der Waals surface area (Å²) in [4.78, 5) is 4.65. The average molecular weight is 1630 g/mol. The van der Waals surface area contributed by atoms with Crippen LogP contribution in [-0.4, -0.2) is 108 Å². The Morgan fingerprint density at radius 1 is 0.218 bits per heavy atom. The van der Waals surface area contributed by atoms with Crippen LogP contribution in [-0.2, 0) is 0 Å². The Hall–Kier alpha value is -1.52. The van der Waals surface area contributed by atoms with Gasteiger partial charge in [-0.2, -0.15) is 94.1 Å². The number of para-hydroxylation sites is 6. The highest BCUT2D eigenvalue weighted by molar-refractivity contribution is 9.10. The molecule has 6 saturated carbocycles. The summed E-state index contributed by atoms with van der Waals surface area (Å²) in [5.41, 5.74) is 8.17. The first kappa shape index (κ1) is 72.3. The van der Waals surface area contributed by atoms with E-state index in [1.807, 2.05) is 0 Å². The quantitative estimate of drug-likeness (QED) is 0.171. The van der Waals surface area contributed by atoms with E-state index in [0.717, 1.165) is 113 Å². The third kappa shape index (κ3) is 11.7. The van der Waals surface area contributed by atoms with Gasteiger partial charge in [-0.25, -0.2) is 0 Å². The van der Waals surface area contributed by atoms with Crippen molar-refractivity contribution in [3.05, 3.63) is 146 Å². The molecular weight excluding hydrogens is 1520 g/mol. The second-order valence-electron chi connectivity index (χ2n) is 34.2. The molecular formula is C88H109Br2N3S8. The zero-order valence-electron chi connectivity index (χ0n) is 62.1. The topological polar surface area (TPSA) is 25.6 Å². The highest BCUT2D eigenvalue weighted by Crippen LogP contribution is 2.70. The number of aromatic nitrogens is 3. The lowest BCUT2D eigenvalue weighted by molar-refractivity contribution is 0.145. The van der Waals surface area contributed by atoms with E-state index in [9.17, 15) is 0 Å². The number of halogens is 2. The number of hydrogen-bond acceptors (Lipinski definition) is 8. The van der Waals surface area contributed by atoms with E-state index in [-0.39, 0.29) is 0 Å². The Balaban J connectivity index is 0.000000140. The lowest BCUT2D eigenvalue weighted by Gasteiger charge is -2.63. The van der Waals surface area contributed by atoms with Crippen molar-refractivity contribution in [1.29, 1.82) is 0 Å². The van der Waals surface area contributed by atoms with E-state index in [2.05, 4.69) is 396 Å². The summed E-state index contributed by atoms with van der Waals surface area (Å²) >= 11 is 28.2. The molecule has 4 aliphatic heterocycles. The molecule has 10 aliphatic rings. The lowest BCUT2D eigenvalue weighted by Crippen LogP contribution is -2.64. The van der Waals surface area contributed by atoms with Crippen LogP contribution in [0.1, 0.15) is 123 Å². The molecule has 4 saturated heterocycles. The Morgan fingerprint density at radius 3 is 0.614 bits per heavy atom. The van der Waals surface area contributed by atoms with Crippen molar-refractivity contribution in [3.63, 3.8) is 0 Å². The zero-order chi connectivity index (χ0) is 70.2. The van der Waals surface area contributed by atoms with Crippen molar-refractivity contribution in [2.45, 2.75) is 217 Å². The maximum Gasteiger partial charge on any atom is 0.0603 e. The minimum atomic E-state index is 0.394. The van der Waals surface area contributed by atoms with Gasteiger partial charge in [0.15, 0.2) is 0 Å². The van der Waals surface area contributed by atoms with Gasteiger partial charge in [-0.05, 0) is 131 Å². The van der Waals surface area contributed by atoms with Crippen LogP contribution in [0.15, 0.2) is 146 Å². The highest BCUT2D eigenvalue weighted by Gasteiger charge is 2.65. The van der Waals surface area contributed by atoms with Crippen molar-refractivity contribution >= 4 is 191 Å². The molecule has 3 aromatic heterocycles. The van der Waals surface area contributed by atoms with Crippen molar-refractivity contribution < 1.29 is 0 Å². The number of nitrogens with zero attached hydrogens (tertiary/aromatic N) is 2. The summed E-state index contributed by atoms with van der Waals surface area (Å²) in [6, 6.07) is 55.2. The van der Waals surface area contributed by atoms with E-state index in [1.165, 1.54) is 65.4 Å². The number of rotatable bonds is 2. The smallest absolute Gasteiger partial charge is 0.0603 e. The fourth-order valence-electron chi connectivity index (χ4n) is 22.1. The van der Waals surface area contributed by atoms with Crippen LogP contribution in [0.25, 0.3) is 65.4 Å². The molecule has 0 spiro atoms. The maximum atomic E-state index is 4.37. The van der Waals surface area contributed by atoms with Crippen molar-refractivity contribution in [2.24, 2.45) is 94.7 Å². The van der Waals surface area contributed by atoms with Gasteiger partial charge in [0.05, 0.1) is 12.1 Å². The molecule has 32 unspecified atom stereocenters. The molecule has 32 atom stereocenters. The van der Waals surface area contributed by atoms with Gasteiger partial charge in [0, 0.05) is 159 Å². The molecule has 0 radical (unpaired) electrons. The van der Waals surface area contributed by atoms with Crippen LogP contribution >= 0.6 is 126 Å². The van der Waals surface area contributed by atoms with Gasteiger partial charge >= 0.3 is 0 Å². The number of alkyl halides is 2. The molecule has 3 nitrogen and oxygen atoms in total. The maximum absolute atomic E-state index is 4.37. The summed E-state index contributed by atoms with van der Waals surface area (Å²) < 4.78 is 5.85. The predicted octanol–water partition coefficient (Wildman–Crippen LogP) is 25.6. The molecule has 538 valence electrons. The molecule has 6 aromatic carbocycles. The van der Waals surface area contributed by atoms with Crippen LogP contribution in [0, 0.1) is 94.7 Å². The molecule has 10 fully saturated rings. The van der Waals surface area contributed by atoms with E-state index in [1.54, 1.807) is 0 Å². The van der Waals surface area contributed by atoms with Crippen molar-refractivity contribution in [3.8, 4) is 0 Å². The van der Waals surface area contributed by atoms with Gasteiger partial charge in [-0.15, -0.1) is 0 Å². The average Bonchev–Trinajstić information content (AvgIpc) is 1.68. The Morgan fingerprint density at radius 2 is 0.396 bits per heavy atom. The van der Waals surface area contributed by atoms with E-state index in [4.69, 9.17) is 0 Å². The number of aromatic amines is 1. The molecule has 19 rings (SSSR count). The fraction of sp³-hybridized carbons (Fsp3) is 0.591. The molecule has 6 aliphatic carbocycles. The van der Waals surface area contributed by atoms with Crippen LogP contribution in [0.2, 0.25) is 0 Å². The number of benzene rings is 6. The largest absolute Gasteiger partial charge is 0.355 e. The van der Waals surface area contributed by atoms with Crippen molar-refractivity contribution in [2.75, 3.05) is 0 Å². The number of H-pyrrole nitrogens is 1. The Kier molecular flexibility index (Phi) is 20.4. The molecule has 0 bridgehead atoms. The van der Waals surface area contributed by atoms with Crippen LogP contribution in [0.4, 0.5) is 0 Å². The van der Waals surface area contributed by atoms with Gasteiger partial charge in [0.1, 0.15) is 0 Å². The van der Waals surface area contributed by atoms with Gasteiger partial charge in [0.25, 0.3) is 0 Å². The predicted molar refractivity (Wildman–Crippen MR) is 466 cm³/mol. The van der Waals surface area contributed by atoms with Crippen LogP contribution in [0.5, 0.6) is 0 Å². The van der Waals surface area contributed by atoms with E-state index in [0.29, 0.717) is 87.4 Å². The van der Waals surface area contributed by atoms with Crippen molar-refractivity contribution in [1.82, 2.24) is 14.1 Å². The molecule has 9 aromatic rings. The van der Waals surface area contributed by atoms with Gasteiger partial charge in [-0.1, -0.05) is 252 Å². The Bertz CT molecular complexity index is 4000. The third-order valence-electron chi connectivity index (χ3n) is 30.0. The highest BCUT2D eigenvalue weighted by atomic mass is 79.9. The third-order valence-corrected chi connectivity index (χ3v) is 50.5. The molecule has 0 amide bonds. The van der Waals surface area contributed by atoms with Gasteiger partial charge < -0.3 is 14.1 Å². The SMILES string of the molecule is CC1C(C)C(C)C2SC3C(Br)C4SC5C(C)C(C)C(C)C(C)C5SC4C(Br)C3SC2C1C.CC1C(C)C(C)C2SC3C(SC2C1C)C(n1c2ccccc2c2ccccc21)C1SC2C(C)C(C)C(C)C(C)C2SC1C3n1c2ccccc2c2ccccc21.c1ccc2c(c1)[nH]c1ccccc12. The standard InChI is InChI=1S/C50H58N2S4.C26H42Br2S4.C12H9N/c1-25-26(2)30(6)44-43(29(25)5)53-47-41(51-37-21-13-9-17-33(37)34-18-10-14-22-38(34)51)49-50(56-46-32(8)28(4)27(3)31(7)45(46)55-49)42(48(47)54-44)52-39-23-15-11-19-35(39)36-20-12-16-24-40(36)52;1-9-10(2)14(6)20-19(13(9)5)29-23-17(27)25-26(18(28)24(23)30-20)32-22-16(8)12(4)11(3)15(7)21(22)31-25;1-3-7-11-9(5-1)10-6-2-4-8-12(10)13-11/h9-32,41-50H,1-8H3;9-26H,1-8H3;1-8,13H. The van der Waals surface area contributed by atoms with E-state index >= 15 is 0 Å². The first-order chi connectivity index (χ1) is 48.6. The second-order valence-corrected chi connectivity index (χ2v) is 47.2. The number of hydrogen-bond donors (Lipinski definition) is 1. The monoisotopic (exact) mass is 1620 g/mol. The van der Waals surface area contributed by atoms with Crippen LogP contribution in [0.3, 0.4) is 0 Å². The lowest BCUT2D eigenvalue weighted by atomic mass is 9.69. The number of thioether (sulfide) groups is 8. The first-order valence-corrected chi connectivity index (χ1v) is 48.4. The normalized spacial score (nSPS) is 45.4. The summed E-state index contributed by atoms with van der Waals surface area (Å²) in [5.74, 6) is 12.4. The second kappa shape index (κ2) is 28.4. The summed E-state index contributed by atoms with van der Waals surface area (Å²) in [7, 11) is 0. The molecule has 101 heavy (non-hydrogen) atoms. The summed E-state index contributed by atoms with van der Waals surface area (Å²) in [6.45, 7) is 41.1. The van der Waals surface area contributed by atoms with Gasteiger partial charge in [0.2, 0.25) is 0 Å². The number of fused-ring (bicyclic) bond motifs is 17. The molecule has 7 heterocycles. The minimum Gasteiger partial charge on any atom is -0.355 e. The summed E-state index contributed by atoms with van der Waals surface area (Å²) in [6.07, 6.45) is 0. The zero-order valence-corrected chi connectivity index (χ0v) is 71.8. The first-order valence-electron chi connectivity index (χ1n) is 39.1. The van der Waals surface area contributed by atoms with E-state index < -0.39 is 0 Å². The summed E-state index contributed by atoms with van der Waals surface area (Å²) in [5, 5.41) is 19.1. The van der Waals surface area contributed by atoms with Gasteiger partial charge in [-0.3, -0.25) is 0 Å². The van der Waals surface area contributed by atoms with Crippen LogP contribution < -0.4 is 0 Å². The minimum absolute atomic E-state index is 0.394. The molecule has 1 N–H and O–H groups in total. The Labute approximate surface area is 655 Å². The fourth-order valence-corrected chi connectivity index (χ4v) is 44.9.